The normalized spacial score (nSPS) is 28.6. The van der Waals surface area contributed by atoms with Gasteiger partial charge in [-0.2, -0.15) is 15.0 Å². The van der Waals surface area contributed by atoms with Gasteiger partial charge in [0.25, 0.3) is 5.91 Å². The Balaban J connectivity index is 0.870. The second kappa shape index (κ2) is 13.8. The van der Waals surface area contributed by atoms with Crippen molar-refractivity contribution in [1.29, 1.82) is 0 Å². The number of hydrogen-bond donors (Lipinski definition) is 2. The minimum Gasteiger partial charge on any atom is -0.377 e. The molecule has 2 aromatic carbocycles. The second-order valence-corrected chi connectivity index (χ2v) is 14.9. The van der Waals surface area contributed by atoms with Crippen molar-refractivity contribution in [3.05, 3.63) is 54.1 Å². The molecule has 15 heteroatoms. The first kappa shape index (κ1) is 33.4. The van der Waals surface area contributed by atoms with E-state index in [-0.39, 0.29) is 31.2 Å². The summed E-state index contributed by atoms with van der Waals surface area (Å²) < 4.78 is 41.3. The van der Waals surface area contributed by atoms with E-state index in [0.717, 1.165) is 38.6 Å². The molecule has 1 aromatic heterocycles. The SMILES string of the molecule is O=C(Nc1ccc(C(=O)N2CCN(CC3CC3)CC2)cc1)Nc1ccc(-c2nc(N3[C@@H]4COC[C@H]3[C@@H](F)C4)nc(N3[C@@H]4COC[C@H]3[C@@H](F)C4)n2)cc1. The smallest absolute Gasteiger partial charge is 0.323 e. The first-order chi connectivity index (χ1) is 25.4. The molecule has 274 valence electrons. The Hall–Kier alpha value is -4.47. The maximum absolute atomic E-state index is 15.0. The highest BCUT2D eigenvalue weighted by molar-refractivity contribution is 6.00. The van der Waals surface area contributed by atoms with Crippen LogP contribution in [0.25, 0.3) is 11.4 Å². The number of ether oxygens (including phenoxy) is 2. The highest BCUT2D eigenvalue weighted by Gasteiger charge is 2.49. The molecule has 6 atom stereocenters. The molecule has 0 radical (unpaired) electrons. The first-order valence-corrected chi connectivity index (χ1v) is 18.4. The number of nitrogens with zero attached hydrogens (tertiary/aromatic N) is 7. The van der Waals surface area contributed by atoms with Gasteiger partial charge in [0.05, 0.1) is 50.6 Å². The van der Waals surface area contributed by atoms with Gasteiger partial charge in [0.15, 0.2) is 5.82 Å². The third-order valence-electron chi connectivity index (χ3n) is 11.3. The predicted octanol–water partition coefficient (Wildman–Crippen LogP) is 3.98. The molecule has 0 unspecified atom stereocenters. The lowest BCUT2D eigenvalue weighted by Gasteiger charge is -2.37. The van der Waals surface area contributed by atoms with E-state index in [1.807, 2.05) is 14.7 Å². The van der Waals surface area contributed by atoms with Gasteiger partial charge in [-0.25, -0.2) is 13.6 Å². The molecule has 4 bridgehead atoms. The summed E-state index contributed by atoms with van der Waals surface area (Å²) in [5.74, 6) is 1.92. The molecule has 6 fully saturated rings. The minimum absolute atomic E-state index is 0.00685. The summed E-state index contributed by atoms with van der Waals surface area (Å²) in [5, 5.41) is 5.67. The Kier molecular flexibility index (Phi) is 8.87. The molecule has 52 heavy (non-hydrogen) atoms. The van der Waals surface area contributed by atoms with Crippen LogP contribution in [0.3, 0.4) is 0 Å². The molecule has 3 amide bonds. The maximum atomic E-state index is 15.0. The Bertz CT molecular complexity index is 1740. The van der Waals surface area contributed by atoms with Gasteiger partial charge >= 0.3 is 6.03 Å². The van der Waals surface area contributed by atoms with Crippen molar-refractivity contribution in [1.82, 2.24) is 24.8 Å². The molecule has 1 saturated carbocycles. The quantitative estimate of drug-likeness (QED) is 0.354. The van der Waals surface area contributed by atoms with Crippen LogP contribution < -0.4 is 20.4 Å². The summed E-state index contributed by atoms with van der Waals surface area (Å²) in [6.07, 6.45) is 1.19. The minimum atomic E-state index is -1.06. The van der Waals surface area contributed by atoms with Gasteiger partial charge in [0, 0.05) is 68.1 Å². The number of benzene rings is 2. The fourth-order valence-electron chi connectivity index (χ4n) is 8.28. The zero-order valence-electron chi connectivity index (χ0n) is 28.9. The average molecular weight is 716 g/mol. The number of alkyl halides is 2. The van der Waals surface area contributed by atoms with Crippen LogP contribution >= 0.6 is 0 Å². The van der Waals surface area contributed by atoms with E-state index in [1.165, 1.54) is 12.8 Å². The number of fused-ring (bicyclic) bond motifs is 4. The number of rotatable bonds is 8. The maximum Gasteiger partial charge on any atom is 0.323 e. The third-order valence-corrected chi connectivity index (χ3v) is 11.3. The molecule has 9 rings (SSSR count). The molecule has 3 aromatic rings. The number of urea groups is 1. The second-order valence-electron chi connectivity index (χ2n) is 14.9. The lowest BCUT2D eigenvalue weighted by Crippen LogP contribution is -2.50. The summed E-state index contributed by atoms with van der Waals surface area (Å²) in [6.45, 7) is 5.66. The summed E-state index contributed by atoms with van der Waals surface area (Å²) in [4.78, 5) is 48.6. The molecule has 1 aliphatic carbocycles. The van der Waals surface area contributed by atoms with E-state index in [2.05, 4.69) is 15.5 Å². The molecule has 6 aliphatic rings. The number of amides is 3. The number of aromatic nitrogens is 3. The third kappa shape index (κ3) is 6.65. The summed E-state index contributed by atoms with van der Waals surface area (Å²) in [5.41, 5.74) is 2.36. The van der Waals surface area contributed by atoms with Crippen LogP contribution in [0.2, 0.25) is 0 Å². The predicted molar refractivity (Wildman–Crippen MR) is 190 cm³/mol. The lowest BCUT2D eigenvalue weighted by molar-refractivity contribution is 0.0632. The zero-order chi connectivity index (χ0) is 35.3. The summed E-state index contributed by atoms with van der Waals surface area (Å²) >= 11 is 0. The Morgan fingerprint density at radius 3 is 1.77 bits per heavy atom. The van der Waals surface area contributed by atoms with Gasteiger partial charge in [-0.1, -0.05) is 0 Å². The Labute approximate surface area is 300 Å². The van der Waals surface area contributed by atoms with Gasteiger partial charge in [0.2, 0.25) is 11.9 Å². The largest absolute Gasteiger partial charge is 0.377 e. The van der Waals surface area contributed by atoms with Gasteiger partial charge in [-0.3, -0.25) is 9.69 Å². The number of carbonyl (C=O) groups excluding carboxylic acids is 2. The highest BCUT2D eigenvalue weighted by atomic mass is 19.1. The molecule has 5 aliphatic heterocycles. The number of nitrogens with one attached hydrogen (secondary N) is 2. The fourth-order valence-corrected chi connectivity index (χ4v) is 8.28. The number of morpholine rings is 2. The van der Waals surface area contributed by atoms with Gasteiger partial charge in [0.1, 0.15) is 12.3 Å². The van der Waals surface area contributed by atoms with Crippen LogP contribution in [0.1, 0.15) is 36.0 Å². The van der Waals surface area contributed by atoms with E-state index in [0.29, 0.717) is 66.3 Å². The number of anilines is 4. The van der Waals surface area contributed by atoms with E-state index in [4.69, 9.17) is 24.4 Å². The molecule has 6 heterocycles. The average Bonchev–Trinajstić information content (AvgIpc) is 3.92. The molecular formula is C37H43F2N9O4. The van der Waals surface area contributed by atoms with E-state index >= 15 is 8.78 Å². The van der Waals surface area contributed by atoms with Crippen LogP contribution in [-0.2, 0) is 9.47 Å². The topological polar surface area (TPSA) is 128 Å². The number of halogens is 2. The van der Waals surface area contributed by atoms with Crippen LogP contribution in [-0.4, -0.2) is 132 Å². The van der Waals surface area contributed by atoms with Crippen molar-refractivity contribution in [2.24, 2.45) is 5.92 Å². The lowest BCUT2D eigenvalue weighted by atomic mass is 10.1. The monoisotopic (exact) mass is 715 g/mol. The number of hydrogen-bond acceptors (Lipinski definition) is 10. The summed E-state index contributed by atoms with van der Waals surface area (Å²) in [6, 6.07) is 12.2. The molecule has 2 N–H and O–H groups in total. The number of piperazine rings is 1. The van der Waals surface area contributed by atoms with Crippen molar-refractivity contribution in [2.75, 3.05) is 79.6 Å². The van der Waals surface area contributed by atoms with Gasteiger partial charge < -0.3 is 34.8 Å². The fraction of sp³-hybridized carbons (Fsp3) is 0.541. The zero-order valence-corrected chi connectivity index (χ0v) is 28.9. The first-order valence-electron chi connectivity index (χ1n) is 18.4. The molecule has 5 saturated heterocycles. The van der Waals surface area contributed by atoms with Crippen LogP contribution in [0.15, 0.2) is 48.5 Å². The van der Waals surface area contributed by atoms with Crippen molar-refractivity contribution in [3.8, 4) is 11.4 Å². The van der Waals surface area contributed by atoms with Crippen molar-refractivity contribution in [2.45, 2.75) is 62.2 Å². The Morgan fingerprint density at radius 1 is 0.712 bits per heavy atom. The van der Waals surface area contributed by atoms with Crippen molar-refractivity contribution >= 4 is 35.2 Å². The number of carbonyl (C=O) groups is 2. The van der Waals surface area contributed by atoms with Crippen molar-refractivity contribution in [3.63, 3.8) is 0 Å². The highest BCUT2D eigenvalue weighted by Crippen LogP contribution is 2.39. The van der Waals surface area contributed by atoms with E-state index in [1.54, 1.807) is 48.5 Å². The van der Waals surface area contributed by atoms with Crippen LogP contribution in [0.5, 0.6) is 0 Å². The molecule has 13 nitrogen and oxygen atoms in total. The summed E-state index contributed by atoms with van der Waals surface area (Å²) in [7, 11) is 0. The van der Waals surface area contributed by atoms with E-state index in [9.17, 15) is 9.59 Å². The van der Waals surface area contributed by atoms with Gasteiger partial charge in [-0.05, 0) is 67.3 Å². The van der Waals surface area contributed by atoms with Gasteiger partial charge in [-0.15, -0.1) is 0 Å². The van der Waals surface area contributed by atoms with Crippen LogP contribution in [0.4, 0.5) is 36.8 Å². The molecular weight excluding hydrogens is 672 g/mol. The van der Waals surface area contributed by atoms with Crippen molar-refractivity contribution < 1.29 is 27.8 Å². The Morgan fingerprint density at radius 2 is 1.25 bits per heavy atom. The van der Waals surface area contributed by atoms with Crippen LogP contribution in [0, 0.1) is 5.92 Å². The molecule has 0 spiro atoms. The van der Waals surface area contributed by atoms with E-state index < -0.39 is 30.5 Å². The standard InChI is InChI=1S/C37H43F2N9O4/c38-29-15-27-18-51-20-31(29)47(27)35-42-33(43-36(44-35)48-28-16-30(39)32(48)21-52-19-28)23-3-7-25(8-4-23)40-37(50)41-26-9-5-24(6-10-26)34(49)46-13-11-45(12-14-46)17-22-1-2-22/h3-10,22,27-32H,1-2,11-21H2,(H2,40,41,50)/t27-,28-,29-,30-,31-,32-/m0/s1.